The van der Waals surface area contributed by atoms with Crippen molar-refractivity contribution in [2.24, 2.45) is 0 Å². The van der Waals surface area contributed by atoms with E-state index in [0.29, 0.717) is 16.5 Å². The molecule has 0 radical (unpaired) electrons. The van der Waals surface area contributed by atoms with E-state index in [1.54, 1.807) is 55.6 Å². The molecule has 3 rings (SSSR count). The number of aromatic nitrogens is 2. The number of hydrogen-bond acceptors (Lipinski definition) is 4. The number of anilines is 1. The third-order valence-corrected chi connectivity index (χ3v) is 4.34. The molecule has 0 saturated carbocycles. The van der Waals surface area contributed by atoms with Crippen molar-refractivity contribution < 1.29 is 9.53 Å². The van der Waals surface area contributed by atoms with Crippen LogP contribution in [0.1, 0.15) is 5.56 Å². The summed E-state index contributed by atoms with van der Waals surface area (Å²) < 4.78 is 7.43. The highest BCUT2D eigenvalue weighted by molar-refractivity contribution is 6.30. The Morgan fingerprint density at radius 2 is 1.57 bits per heavy atom. The van der Waals surface area contributed by atoms with Gasteiger partial charge in [-0.15, -0.1) is 0 Å². The van der Waals surface area contributed by atoms with Gasteiger partial charge in [0, 0.05) is 23.1 Å². The number of nitrogens with one attached hydrogen (secondary N) is 1. The Labute approximate surface area is 165 Å². The molecule has 0 atom stereocenters. The van der Waals surface area contributed by atoms with Crippen LogP contribution in [0.4, 0.5) is 5.69 Å². The van der Waals surface area contributed by atoms with Crippen LogP contribution in [-0.4, -0.2) is 22.2 Å². The molecule has 1 N–H and O–H groups in total. The second-order valence-corrected chi connectivity index (χ2v) is 6.50. The second-order valence-electron chi connectivity index (χ2n) is 6.07. The Morgan fingerprint density at radius 1 is 0.964 bits per heavy atom. The Kier molecular flexibility index (Phi) is 5.96. The molecule has 1 aromatic heterocycles. The Bertz CT molecular complexity index is 1090. The van der Waals surface area contributed by atoms with Gasteiger partial charge < -0.3 is 14.6 Å². The molecule has 3 aromatic rings. The Hall–Kier alpha value is -3.32. The van der Waals surface area contributed by atoms with Crippen LogP contribution in [0.25, 0.3) is 0 Å². The Morgan fingerprint density at radius 3 is 2.21 bits per heavy atom. The number of hydrogen-bond donors (Lipinski definition) is 1. The summed E-state index contributed by atoms with van der Waals surface area (Å²) in [6.07, 6.45) is 2.91. The lowest BCUT2D eigenvalue weighted by molar-refractivity contribution is -0.116. The van der Waals surface area contributed by atoms with Crippen molar-refractivity contribution in [2.75, 3.05) is 12.4 Å². The van der Waals surface area contributed by atoms with Crippen molar-refractivity contribution in [3.8, 4) is 5.75 Å². The zero-order chi connectivity index (χ0) is 20.1. The van der Waals surface area contributed by atoms with E-state index in [4.69, 9.17) is 16.3 Å². The number of methoxy groups -OCH3 is 1. The summed E-state index contributed by atoms with van der Waals surface area (Å²) in [5, 5.41) is 3.26. The molecule has 2 aromatic carbocycles. The maximum absolute atomic E-state index is 12.3. The first kappa shape index (κ1) is 19.4. The molecule has 8 heteroatoms. The number of carbonyl (C=O) groups excluding carboxylic acids is 1. The van der Waals surface area contributed by atoms with Gasteiger partial charge >= 0.3 is 11.1 Å². The molecule has 0 aliphatic heterocycles. The fourth-order valence-electron chi connectivity index (χ4n) is 2.61. The first-order chi connectivity index (χ1) is 13.5. The molecule has 0 unspecified atom stereocenters. The zero-order valence-corrected chi connectivity index (χ0v) is 15.8. The molecule has 1 heterocycles. The van der Waals surface area contributed by atoms with Gasteiger partial charge in [-0.25, -0.2) is 0 Å². The van der Waals surface area contributed by atoms with Crippen LogP contribution in [0.2, 0.25) is 5.02 Å². The molecule has 0 aliphatic rings. The third-order valence-electron chi connectivity index (χ3n) is 4.09. The minimum atomic E-state index is -0.763. The summed E-state index contributed by atoms with van der Waals surface area (Å²) in [6, 6.07) is 13.8. The van der Waals surface area contributed by atoms with E-state index in [1.165, 1.54) is 17.0 Å². The van der Waals surface area contributed by atoms with Crippen LogP contribution in [-0.2, 0) is 17.9 Å². The molecular formula is C20H18ClN3O4. The molecular weight excluding hydrogens is 382 g/mol. The van der Waals surface area contributed by atoms with Gasteiger partial charge in [0.05, 0.1) is 13.7 Å². The largest absolute Gasteiger partial charge is 0.497 e. The average Bonchev–Trinajstić information content (AvgIpc) is 2.70. The molecule has 0 saturated heterocycles. The van der Waals surface area contributed by atoms with E-state index in [0.717, 1.165) is 10.1 Å². The lowest BCUT2D eigenvalue weighted by Gasteiger charge is -2.10. The quantitative estimate of drug-likeness (QED) is 0.645. The second kappa shape index (κ2) is 8.58. The van der Waals surface area contributed by atoms with Crippen LogP contribution in [0.5, 0.6) is 5.75 Å². The van der Waals surface area contributed by atoms with Crippen molar-refractivity contribution in [1.82, 2.24) is 9.13 Å². The van der Waals surface area contributed by atoms with Gasteiger partial charge in [-0.3, -0.25) is 19.0 Å². The lowest BCUT2D eigenvalue weighted by atomic mass is 10.2. The van der Waals surface area contributed by atoms with Gasteiger partial charge in [0.15, 0.2) is 0 Å². The first-order valence-corrected chi connectivity index (χ1v) is 8.82. The third kappa shape index (κ3) is 4.69. The van der Waals surface area contributed by atoms with Crippen molar-refractivity contribution in [3.05, 3.63) is 92.2 Å². The van der Waals surface area contributed by atoms with Crippen molar-refractivity contribution in [3.63, 3.8) is 0 Å². The molecule has 1 amide bonds. The highest BCUT2D eigenvalue weighted by Crippen LogP contribution is 2.15. The minimum Gasteiger partial charge on any atom is -0.497 e. The van der Waals surface area contributed by atoms with Gasteiger partial charge in [-0.1, -0.05) is 23.7 Å². The van der Waals surface area contributed by atoms with E-state index < -0.39 is 17.0 Å². The number of benzene rings is 2. The number of carbonyl (C=O) groups is 1. The maximum atomic E-state index is 12.3. The van der Waals surface area contributed by atoms with E-state index >= 15 is 0 Å². The van der Waals surface area contributed by atoms with Crippen LogP contribution >= 0.6 is 11.6 Å². The summed E-state index contributed by atoms with van der Waals surface area (Å²) in [6.45, 7) is -0.0218. The Balaban J connectivity index is 1.71. The van der Waals surface area contributed by atoms with Gasteiger partial charge in [0.2, 0.25) is 5.91 Å². The summed E-state index contributed by atoms with van der Waals surface area (Å²) in [7, 11) is 1.55. The number of halogens is 1. The SMILES string of the molecule is COc1ccc(NC(=O)Cn2ccn(Cc3ccc(Cl)cc3)c(=O)c2=O)cc1. The van der Waals surface area contributed by atoms with Crippen molar-refractivity contribution >= 4 is 23.2 Å². The van der Waals surface area contributed by atoms with Gasteiger partial charge in [0.1, 0.15) is 12.3 Å². The van der Waals surface area contributed by atoms with Crippen LogP contribution < -0.4 is 21.2 Å². The fourth-order valence-corrected chi connectivity index (χ4v) is 2.73. The summed E-state index contributed by atoms with van der Waals surface area (Å²) in [5.74, 6) is 0.251. The molecule has 28 heavy (non-hydrogen) atoms. The van der Waals surface area contributed by atoms with E-state index in [-0.39, 0.29) is 13.1 Å². The number of ether oxygens (including phenoxy) is 1. The fraction of sp³-hybridized carbons (Fsp3) is 0.150. The van der Waals surface area contributed by atoms with Gasteiger partial charge in [-0.05, 0) is 42.0 Å². The highest BCUT2D eigenvalue weighted by Gasteiger charge is 2.10. The maximum Gasteiger partial charge on any atom is 0.316 e. The van der Waals surface area contributed by atoms with Gasteiger partial charge in [0.25, 0.3) is 0 Å². The van der Waals surface area contributed by atoms with Crippen molar-refractivity contribution in [2.45, 2.75) is 13.1 Å². The van der Waals surface area contributed by atoms with Crippen LogP contribution in [0, 0.1) is 0 Å². The van der Waals surface area contributed by atoms with Crippen LogP contribution in [0.3, 0.4) is 0 Å². The minimum absolute atomic E-state index is 0.240. The topological polar surface area (TPSA) is 82.3 Å². The average molecular weight is 400 g/mol. The predicted molar refractivity (Wildman–Crippen MR) is 107 cm³/mol. The standard InChI is InChI=1S/C20H18ClN3O4/c1-28-17-8-6-16(7-9-17)22-18(25)13-24-11-10-23(19(26)20(24)27)12-14-2-4-15(21)5-3-14/h2-11H,12-13H2,1H3,(H,22,25). The monoisotopic (exact) mass is 399 g/mol. The summed E-state index contributed by atoms with van der Waals surface area (Å²) in [4.78, 5) is 36.8. The first-order valence-electron chi connectivity index (χ1n) is 8.44. The normalized spacial score (nSPS) is 10.5. The molecule has 0 aliphatic carbocycles. The molecule has 0 bridgehead atoms. The zero-order valence-electron chi connectivity index (χ0n) is 15.1. The summed E-state index contributed by atoms with van der Waals surface area (Å²) >= 11 is 5.85. The lowest BCUT2D eigenvalue weighted by Crippen LogP contribution is -2.42. The number of amides is 1. The van der Waals surface area contributed by atoms with E-state index in [2.05, 4.69) is 5.32 Å². The number of rotatable bonds is 6. The highest BCUT2D eigenvalue weighted by atomic mass is 35.5. The van der Waals surface area contributed by atoms with Crippen LogP contribution in [0.15, 0.2) is 70.5 Å². The number of nitrogens with zero attached hydrogens (tertiary/aromatic N) is 2. The summed E-state index contributed by atoms with van der Waals surface area (Å²) in [5.41, 5.74) is -0.0631. The molecule has 0 spiro atoms. The van der Waals surface area contributed by atoms with Crippen molar-refractivity contribution in [1.29, 1.82) is 0 Å². The molecule has 7 nitrogen and oxygen atoms in total. The molecule has 0 fully saturated rings. The van der Waals surface area contributed by atoms with E-state index in [1.807, 2.05) is 0 Å². The van der Waals surface area contributed by atoms with Gasteiger partial charge in [-0.2, -0.15) is 0 Å². The smallest absolute Gasteiger partial charge is 0.316 e. The van der Waals surface area contributed by atoms with E-state index in [9.17, 15) is 14.4 Å². The molecule has 144 valence electrons. The predicted octanol–water partition coefficient (Wildman–Crippen LogP) is 2.36.